The number of nitrogens with zero attached hydrogens (tertiary/aromatic N) is 1. The fourth-order valence-electron chi connectivity index (χ4n) is 3.18. The second-order valence-electron chi connectivity index (χ2n) is 7.90. The summed E-state index contributed by atoms with van der Waals surface area (Å²) >= 11 is 6.89. The molecule has 2 N–H and O–H groups in total. The summed E-state index contributed by atoms with van der Waals surface area (Å²) in [5.74, 6) is -2.57. The summed E-state index contributed by atoms with van der Waals surface area (Å²) in [4.78, 5) is 27.5. The Labute approximate surface area is 224 Å². The van der Waals surface area contributed by atoms with E-state index in [2.05, 4.69) is 42.2 Å². The van der Waals surface area contributed by atoms with Crippen molar-refractivity contribution in [3.05, 3.63) is 80.3 Å². The van der Waals surface area contributed by atoms with Crippen LogP contribution in [0.25, 0.3) is 0 Å². The Morgan fingerprint density at radius 1 is 1.22 bits per heavy atom. The lowest BCUT2D eigenvalue weighted by Crippen LogP contribution is -2.17. The highest BCUT2D eigenvalue weighted by Gasteiger charge is 2.33. The third-order valence-electron chi connectivity index (χ3n) is 5.01. The molecule has 1 unspecified atom stereocenters. The van der Waals surface area contributed by atoms with Gasteiger partial charge in [-0.2, -0.15) is 13.2 Å². The maximum atomic E-state index is 12.9. The van der Waals surface area contributed by atoms with Crippen molar-refractivity contribution in [2.45, 2.75) is 32.9 Å². The molecule has 2 rings (SSSR count). The third kappa shape index (κ3) is 9.05. The number of rotatable bonds is 11. The van der Waals surface area contributed by atoms with Crippen LogP contribution in [0.4, 0.5) is 24.5 Å². The smallest absolute Gasteiger partial charge is 0.394 e. The van der Waals surface area contributed by atoms with Gasteiger partial charge in [0, 0.05) is 21.1 Å². The van der Waals surface area contributed by atoms with E-state index in [0.717, 1.165) is 13.0 Å². The van der Waals surface area contributed by atoms with Crippen molar-refractivity contribution < 1.29 is 27.9 Å². The Morgan fingerprint density at radius 3 is 2.56 bits per heavy atom. The molecule has 0 amide bonds. The lowest BCUT2D eigenvalue weighted by molar-refractivity contribution is -0.156. The molecular weight excluding hydrogens is 605 g/mol. The maximum absolute atomic E-state index is 12.9. The first-order valence-electron chi connectivity index (χ1n) is 11.0. The first-order chi connectivity index (χ1) is 16.9. The summed E-state index contributed by atoms with van der Waals surface area (Å²) in [5, 5.41) is 12.2. The number of allylic oxidation sites excluding steroid dienone is 2. The molecule has 1 atom stereocenters. The van der Waals surface area contributed by atoms with Crippen LogP contribution < -0.4 is 5.32 Å². The van der Waals surface area contributed by atoms with Gasteiger partial charge in [0.15, 0.2) is 6.29 Å². The predicted octanol–water partition coefficient (Wildman–Crippen LogP) is 7.66. The Hall–Kier alpha value is -2.72. The number of carboxylic acid groups (broad SMARTS) is 1. The molecule has 0 saturated heterocycles. The van der Waals surface area contributed by atoms with E-state index in [4.69, 9.17) is 5.11 Å². The van der Waals surface area contributed by atoms with E-state index in [1.165, 1.54) is 6.08 Å². The molecule has 0 aliphatic heterocycles. The number of nitrogens with one attached hydrogen (secondary N) is 1. The highest BCUT2D eigenvalue weighted by molar-refractivity contribution is 9.11. The monoisotopic (exact) mass is 628 g/mol. The molecule has 0 fully saturated rings. The lowest BCUT2D eigenvalue weighted by Gasteiger charge is -2.16. The molecule has 0 spiro atoms. The zero-order chi connectivity index (χ0) is 26.9. The van der Waals surface area contributed by atoms with Crippen LogP contribution in [-0.2, 0) is 16.0 Å². The number of carbonyl (C=O) groups is 2. The second kappa shape index (κ2) is 13.5. The third-order valence-corrected chi connectivity index (χ3v) is 6.09. The van der Waals surface area contributed by atoms with Crippen molar-refractivity contribution in [3.63, 3.8) is 0 Å². The van der Waals surface area contributed by atoms with Crippen molar-refractivity contribution in [3.8, 4) is 0 Å². The molecule has 0 heterocycles. The quantitative estimate of drug-likeness (QED) is 0.152. The summed E-state index contributed by atoms with van der Waals surface area (Å²) in [7, 11) is 0. The predicted molar refractivity (Wildman–Crippen MR) is 143 cm³/mol. The standard InChI is InChI=1S/C26H25Br2F3N2O3/c1-3-5-17(9-8-16(2)26(29,30)31)14-32-25-21(12-19(27)13-22(25)28)23(15-34)33-20-7-4-6-18(10-20)11-24(35)36/h4-10,12-13,15-16,32H,3,11,14H2,1-2H3,(H,35,36)/b9-8-,17-5+,33-23?. The van der Waals surface area contributed by atoms with E-state index < -0.39 is 18.1 Å². The van der Waals surface area contributed by atoms with Gasteiger partial charge in [0.05, 0.1) is 23.7 Å². The summed E-state index contributed by atoms with van der Waals surface area (Å²) in [6.07, 6.45) is 1.11. The molecule has 0 aliphatic carbocycles. The molecule has 36 heavy (non-hydrogen) atoms. The maximum Gasteiger partial charge on any atom is 0.394 e. The van der Waals surface area contributed by atoms with Crippen LogP contribution in [0.2, 0.25) is 0 Å². The van der Waals surface area contributed by atoms with Gasteiger partial charge in [0.1, 0.15) is 5.71 Å². The average Bonchev–Trinajstić information content (AvgIpc) is 2.78. The first-order valence-corrected chi connectivity index (χ1v) is 12.5. The van der Waals surface area contributed by atoms with E-state index in [-0.39, 0.29) is 18.7 Å². The first kappa shape index (κ1) is 29.5. The largest absolute Gasteiger partial charge is 0.481 e. The number of hydrogen-bond acceptors (Lipinski definition) is 4. The number of hydrogen-bond donors (Lipinski definition) is 2. The van der Waals surface area contributed by atoms with Crippen molar-refractivity contribution in [2.24, 2.45) is 10.9 Å². The topological polar surface area (TPSA) is 78.8 Å². The molecule has 192 valence electrons. The van der Waals surface area contributed by atoms with Gasteiger partial charge in [-0.3, -0.25) is 9.59 Å². The number of halogens is 5. The van der Waals surface area contributed by atoms with Gasteiger partial charge in [-0.1, -0.05) is 60.1 Å². The molecule has 5 nitrogen and oxygen atoms in total. The van der Waals surface area contributed by atoms with Gasteiger partial charge in [-0.15, -0.1) is 0 Å². The van der Waals surface area contributed by atoms with Crippen molar-refractivity contribution >= 4 is 61.2 Å². The number of aldehydes is 1. The Kier molecular flexibility index (Phi) is 11.1. The molecule has 2 aromatic carbocycles. The zero-order valence-corrected chi connectivity index (χ0v) is 22.7. The van der Waals surface area contributed by atoms with E-state index in [1.807, 2.05) is 13.0 Å². The number of anilines is 1. The molecule has 0 bridgehead atoms. The van der Waals surface area contributed by atoms with E-state index in [9.17, 15) is 22.8 Å². The molecule has 10 heteroatoms. The Balaban J connectivity index is 2.42. The molecule has 0 aromatic heterocycles. The highest BCUT2D eigenvalue weighted by atomic mass is 79.9. The molecule has 0 aliphatic rings. The number of carbonyl (C=O) groups excluding carboxylic acids is 1. The minimum atomic E-state index is -4.32. The number of aliphatic imine (C=N–C) groups is 1. The van der Waals surface area contributed by atoms with Crippen LogP contribution in [0.15, 0.2) is 74.1 Å². The Morgan fingerprint density at radius 2 is 1.94 bits per heavy atom. The van der Waals surface area contributed by atoms with E-state index in [0.29, 0.717) is 49.7 Å². The lowest BCUT2D eigenvalue weighted by atomic mass is 10.1. The van der Waals surface area contributed by atoms with Gasteiger partial charge in [0.25, 0.3) is 0 Å². The molecular formula is C26H25Br2F3N2O3. The number of benzene rings is 2. The van der Waals surface area contributed by atoms with Gasteiger partial charge in [-0.25, -0.2) is 4.99 Å². The fourth-order valence-corrected chi connectivity index (χ4v) is 4.55. The van der Waals surface area contributed by atoms with E-state index in [1.54, 1.807) is 36.4 Å². The van der Waals surface area contributed by atoms with Crippen LogP contribution in [0.1, 0.15) is 31.4 Å². The van der Waals surface area contributed by atoms with Crippen LogP contribution in [0.3, 0.4) is 0 Å². The number of alkyl halides is 3. The number of aliphatic carboxylic acids is 1. The van der Waals surface area contributed by atoms with Gasteiger partial charge >= 0.3 is 12.1 Å². The number of carboxylic acids is 1. The minimum Gasteiger partial charge on any atom is -0.481 e. The zero-order valence-electron chi connectivity index (χ0n) is 19.6. The fraction of sp³-hybridized carbons (Fsp3) is 0.269. The van der Waals surface area contributed by atoms with Crippen LogP contribution in [-0.4, -0.2) is 35.8 Å². The van der Waals surface area contributed by atoms with Crippen molar-refractivity contribution in [1.82, 2.24) is 0 Å². The highest BCUT2D eigenvalue weighted by Crippen LogP contribution is 2.32. The van der Waals surface area contributed by atoms with Crippen LogP contribution in [0.5, 0.6) is 0 Å². The van der Waals surface area contributed by atoms with Crippen LogP contribution in [0, 0.1) is 5.92 Å². The average molecular weight is 630 g/mol. The minimum absolute atomic E-state index is 0.0919. The van der Waals surface area contributed by atoms with Crippen molar-refractivity contribution in [2.75, 3.05) is 11.9 Å². The second-order valence-corrected chi connectivity index (χ2v) is 9.67. The molecule has 0 saturated carbocycles. The Bertz CT molecular complexity index is 1190. The SMILES string of the molecule is CC/C=C(\C=C/C(C)C(F)(F)F)CNc1c(Br)cc(Br)cc1C(C=O)=Nc1cccc(CC(=O)O)c1. The summed E-state index contributed by atoms with van der Waals surface area (Å²) in [6.45, 7) is 3.19. The molecule has 0 radical (unpaired) electrons. The van der Waals surface area contributed by atoms with Gasteiger partial charge in [0.2, 0.25) is 0 Å². The molecule has 2 aromatic rings. The summed E-state index contributed by atoms with van der Waals surface area (Å²) in [6, 6.07) is 10.0. The van der Waals surface area contributed by atoms with Gasteiger partial charge < -0.3 is 10.4 Å². The van der Waals surface area contributed by atoms with E-state index >= 15 is 0 Å². The summed E-state index contributed by atoms with van der Waals surface area (Å²) < 4.78 is 40.0. The normalized spacial score (nSPS) is 13.6. The van der Waals surface area contributed by atoms with Crippen LogP contribution >= 0.6 is 31.9 Å². The van der Waals surface area contributed by atoms with Crippen molar-refractivity contribution in [1.29, 1.82) is 0 Å². The summed E-state index contributed by atoms with van der Waals surface area (Å²) in [5.41, 5.74) is 2.68. The van der Waals surface area contributed by atoms with Gasteiger partial charge in [-0.05, 0) is 57.8 Å².